The van der Waals surface area contributed by atoms with Gasteiger partial charge in [-0.15, -0.1) is 0 Å². The highest BCUT2D eigenvalue weighted by Crippen LogP contribution is 2.39. The molecule has 5 aromatic rings. The number of pyridine rings is 1. The van der Waals surface area contributed by atoms with Gasteiger partial charge in [-0.2, -0.15) is 5.10 Å². The molecule has 0 saturated heterocycles. The van der Waals surface area contributed by atoms with Gasteiger partial charge in [0, 0.05) is 40.3 Å². The number of aliphatic hydroxyl groups is 1. The largest absolute Gasteiger partial charge is 0.393 e. The number of nitrogens with zero attached hydrogens (tertiary/aromatic N) is 4. The zero-order chi connectivity index (χ0) is 28.7. The average molecular weight is 557 g/mol. The first-order valence-electron chi connectivity index (χ1n) is 13.2. The van der Waals surface area contributed by atoms with Gasteiger partial charge in [0.25, 0.3) is 11.5 Å². The zero-order valence-corrected chi connectivity index (χ0v) is 21.8. The van der Waals surface area contributed by atoms with Crippen LogP contribution in [0.1, 0.15) is 47.7 Å². The Balaban J connectivity index is 1.30. The molecule has 0 bridgehead atoms. The number of aromatic nitrogens is 4. The SMILES string of the molecule is Nc1ncnn2c1c(-c1ccc(NC(=O)c3cccn(-c4ccc(F)cc4)c3=O)cc1F)cc2[C@H]1CC[C@H](O)CC1. The highest BCUT2D eigenvalue weighted by atomic mass is 19.1. The first kappa shape index (κ1) is 26.3. The maximum atomic E-state index is 15.6. The van der Waals surface area contributed by atoms with Crippen LogP contribution >= 0.6 is 0 Å². The Labute approximate surface area is 232 Å². The molecule has 1 aliphatic rings. The topological polar surface area (TPSA) is 128 Å². The molecule has 1 fully saturated rings. The predicted molar refractivity (Wildman–Crippen MR) is 150 cm³/mol. The first-order valence-corrected chi connectivity index (χ1v) is 13.2. The molecule has 1 aliphatic carbocycles. The highest BCUT2D eigenvalue weighted by Gasteiger charge is 2.27. The lowest BCUT2D eigenvalue weighted by atomic mass is 9.85. The number of hydrogen-bond donors (Lipinski definition) is 3. The molecule has 1 amide bonds. The summed E-state index contributed by atoms with van der Waals surface area (Å²) < 4.78 is 31.8. The summed E-state index contributed by atoms with van der Waals surface area (Å²) >= 11 is 0. The lowest BCUT2D eigenvalue weighted by Crippen LogP contribution is -2.27. The molecule has 208 valence electrons. The van der Waals surface area contributed by atoms with Crippen LogP contribution in [0.3, 0.4) is 0 Å². The summed E-state index contributed by atoms with van der Waals surface area (Å²) in [5.41, 5.74) is 8.11. The van der Waals surface area contributed by atoms with Crippen LogP contribution in [0.15, 0.2) is 78.0 Å². The van der Waals surface area contributed by atoms with Gasteiger partial charge in [-0.25, -0.2) is 18.3 Å². The molecule has 0 spiro atoms. The lowest BCUT2D eigenvalue weighted by molar-refractivity contribution is 0.102. The van der Waals surface area contributed by atoms with Gasteiger partial charge in [0.05, 0.1) is 6.10 Å². The maximum Gasteiger partial charge on any atom is 0.267 e. The molecule has 0 aliphatic heterocycles. The van der Waals surface area contributed by atoms with Crippen molar-refractivity contribution >= 4 is 22.9 Å². The van der Waals surface area contributed by atoms with E-state index in [9.17, 15) is 19.1 Å². The van der Waals surface area contributed by atoms with Crippen molar-refractivity contribution in [3.63, 3.8) is 0 Å². The number of nitrogen functional groups attached to an aromatic ring is 1. The van der Waals surface area contributed by atoms with Crippen molar-refractivity contribution in [3.05, 3.63) is 106 Å². The van der Waals surface area contributed by atoms with Crippen LogP contribution in [0, 0.1) is 11.6 Å². The quantitative estimate of drug-likeness (QED) is 0.289. The summed E-state index contributed by atoms with van der Waals surface area (Å²) in [4.78, 5) is 30.1. The molecule has 9 nitrogen and oxygen atoms in total. The molecule has 3 aromatic heterocycles. The number of nitrogens with one attached hydrogen (secondary N) is 1. The Morgan fingerprint density at radius 3 is 2.49 bits per heavy atom. The Morgan fingerprint density at radius 2 is 1.76 bits per heavy atom. The maximum absolute atomic E-state index is 15.6. The van der Waals surface area contributed by atoms with Crippen LogP contribution in [0.2, 0.25) is 0 Å². The van der Waals surface area contributed by atoms with Gasteiger partial charge < -0.3 is 16.2 Å². The fourth-order valence-electron chi connectivity index (χ4n) is 5.44. The number of rotatable bonds is 5. The van der Waals surface area contributed by atoms with E-state index in [0.29, 0.717) is 29.6 Å². The Morgan fingerprint density at radius 1 is 1.00 bits per heavy atom. The van der Waals surface area contributed by atoms with Crippen molar-refractivity contribution in [3.8, 4) is 16.8 Å². The second-order valence-corrected chi connectivity index (χ2v) is 10.1. The smallest absolute Gasteiger partial charge is 0.267 e. The third-order valence-corrected chi connectivity index (χ3v) is 7.54. The fraction of sp³-hybridized carbons (Fsp3) is 0.200. The second-order valence-electron chi connectivity index (χ2n) is 10.1. The molecule has 0 radical (unpaired) electrons. The van der Waals surface area contributed by atoms with Crippen molar-refractivity contribution in [1.82, 2.24) is 19.2 Å². The van der Waals surface area contributed by atoms with E-state index in [1.807, 2.05) is 6.07 Å². The predicted octanol–water partition coefficient (Wildman–Crippen LogP) is 4.68. The number of carbonyl (C=O) groups excluding carboxylic acids is 1. The fourth-order valence-corrected chi connectivity index (χ4v) is 5.44. The van der Waals surface area contributed by atoms with Crippen LogP contribution in [0.4, 0.5) is 20.3 Å². The molecule has 0 unspecified atom stereocenters. The van der Waals surface area contributed by atoms with Crippen LogP contribution in [0.5, 0.6) is 0 Å². The molecule has 2 aromatic carbocycles. The van der Waals surface area contributed by atoms with Crippen LogP contribution < -0.4 is 16.6 Å². The number of benzene rings is 2. The van der Waals surface area contributed by atoms with Crippen LogP contribution in [-0.2, 0) is 0 Å². The number of fused-ring (bicyclic) bond motifs is 1. The normalized spacial score (nSPS) is 17.0. The molecular weight excluding hydrogens is 530 g/mol. The third kappa shape index (κ3) is 4.95. The molecule has 6 rings (SSSR count). The van der Waals surface area contributed by atoms with Gasteiger partial charge in [-0.1, -0.05) is 0 Å². The van der Waals surface area contributed by atoms with Crippen molar-refractivity contribution in [2.24, 2.45) is 0 Å². The van der Waals surface area contributed by atoms with E-state index in [1.54, 1.807) is 4.52 Å². The number of carbonyl (C=O) groups is 1. The van der Waals surface area contributed by atoms with Gasteiger partial charge in [-0.05, 0) is 86.3 Å². The van der Waals surface area contributed by atoms with Crippen molar-refractivity contribution < 1.29 is 18.7 Å². The third-order valence-electron chi connectivity index (χ3n) is 7.54. The van der Waals surface area contributed by atoms with E-state index >= 15 is 4.39 Å². The van der Waals surface area contributed by atoms with Gasteiger partial charge in [0.2, 0.25) is 0 Å². The Kier molecular flexibility index (Phi) is 6.80. The molecule has 41 heavy (non-hydrogen) atoms. The molecular formula is C30H26F2N6O3. The molecule has 0 atom stereocenters. The van der Waals surface area contributed by atoms with Gasteiger partial charge in [-0.3, -0.25) is 14.2 Å². The zero-order valence-electron chi connectivity index (χ0n) is 21.8. The number of nitrogens with two attached hydrogens (primary N) is 1. The van der Waals surface area contributed by atoms with E-state index in [0.717, 1.165) is 18.5 Å². The van der Waals surface area contributed by atoms with E-state index < -0.39 is 23.1 Å². The number of hydrogen-bond acceptors (Lipinski definition) is 6. The number of amides is 1. The number of anilines is 2. The molecule has 4 N–H and O–H groups in total. The van der Waals surface area contributed by atoms with Crippen LogP contribution in [-0.4, -0.2) is 36.3 Å². The van der Waals surface area contributed by atoms with Gasteiger partial charge in [0.15, 0.2) is 5.82 Å². The van der Waals surface area contributed by atoms with E-state index in [1.165, 1.54) is 71.7 Å². The summed E-state index contributed by atoms with van der Waals surface area (Å²) in [6.07, 6.45) is 5.40. The van der Waals surface area contributed by atoms with E-state index in [2.05, 4.69) is 15.4 Å². The first-order chi connectivity index (χ1) is 19.8. The monoisotopic (exact) mass is 556 g/mol. The van der Waals surface area contributed by atoms with Crippen molar-refractivity contribution in [2.75, 3.05) is 11.1 Å². The minimum Gasteiger partial charge on any atom is -0.393 e. The van der Waals surface area contributed by atoms with E-state index in [-0.39, 0.29) is 34.7 Å². The van der Waals surface area contributed by atoms with Gasteiger partial charge in [0.1, 0.15) is 29.0 Å². The second kappa shape index (κ2) is 10.6. The standard InChI is InChI=1S/C30H26F2N6O3/c31-18-5-8-20(9-6-18)37-13-1-2-23(30(37)41)29(40)36-19-7-12-22(25(32)14-19)24-15-26(17-3-10-21(39)11-4-17)38-27(24)28(33)34-16-35-38/h1-2,5-9,12-17,21,39H,3-4,10-11H2,(H,36,40)(H2,33,34,35)/t17-,21-. The highest BCUT2D eigenvalue weighted by molar-refractivity contribution is 6.04. The Bertz CT molecular complexity index is 1830. The summed E-state index contributed by atoms with van der Waals surface area (Å²) in [6, 6.07) is 14.3. The summed E-state index contributed by atoms with van der Waals surface area (Å²) in [7, 11) is 0. The molecule has 3 heterocycles. The van der Waals surface area contributed by atoms with Crippen LogP contribution in [0.25, 0.3) is 22.3 Å². The minimum absolute atomic E-state index is 0.125. The number of halogens is 2. The minimum atomic E-state index is -0.715. The lowest BCUT2D eigenvalue weighted by Gasteiger charge is -2.24. The average Bonchev–Trinajstić information content (AvgIpc) is 3.35. The van der Waals surface area contributed by atoms with E-state index in [4.69, 9.17) is 5.73 Å². The van der Waals surface area contributed by atoms with Gasteiger partial charge >= 0.3 is 0 Å². The van der Waals surface area contributed by atoms with Crippen molar-refractivity contribution in [1.29, 1.82) is 0 Å². The van der Waals surface area contributed by atoms with Crippen molar-refractivity contribution in [2.45, 2.75) is 37.7 Å². The Hall–Kier alpha value is -4.90. The summed E-state index contributed by atoms with van der Waals surface area (Å²) in [5.74, 6) is -1.45. The number of aliphatic hydroxyl groups excluding tert-OH is 1. The summed E-state index contributed by atoms with van der Waals surface area (Å²) in [6.45, 7) is 0. The molecule has 1 saturated carbocycles. The summed E-state index contributed by atoms with van der Waals surface area (Å²) in [5, 5.41) is 16.9. The molecule has 11 heteroatoms.